The molecule has 0 spiro atoms. The smallest absolute Gasteiger partial charge is 0.220 e. The normalized spacial score (nSPS) is 14.2. The van der Waals surface area contributed by atoms with Crippen molar-refractivity contribution in [2.24, 2.45) is 0 Å². The first-order valence-corrected chi connectivity index (χ1v) is 17.5. The third-order valence-corrected chi connectivity index (χ3v) is 10.2. The van der Waals surface area contributed by atoms with E-state index >= 15 is 0 Å². The molecule has 1 atom stereocenters. The van der Waals surface area contributed by atoms with Crippen molar-refractivity contribution in [3.05, 3.63) is 119 Å². The van der Waals surface area contributed by atoms with Crippen LogP contribution in [0.4, 0.5) is 0 Å². The molecular formula is C42H53ClN2O5. The highest BCUT2D eigenvalue weighted by Crippen LogP contribution is 2.42. The lowest BCUT2D eigenvalue weighted by atomic mass is 9.68. The fourth-order valence-electron chi connectivity index (χ4n) is 7.47. The summed E-state index contributed by atoms with van der Waals surface area (Å²) in [4.78, 5) is 15.5. The van der Waals surface area contributed by atoms with Gasteiger partial charge in [0.15, 0.2) is 23.0 Å². The van der Waals surface area contributed by atoms with Crippen LogP contribution < -0.4 is 24.3 Å². The summed E-state index contributed by atoms with van der Waals surface area (Å²) in [7, 11) is 6.65. The second-order valence-electron chi connectivity index (χ2n) is 12.9. The molecule has 268 valence electrons. The number of benzene rings is 4. The van der Waals surface area contributed by atoms with E-state index in [0.29, 0.717) is 36.9 Å². The molecule has 5 rings (SSSR count). The summed E-state index contributed by atoms with van der Waals surface area (Å²) in [5.41, 5.74) is 6.20. The van der Waals surface area contributed by atoms with Crippen molar-refractivity contribution in [3.63, 3.8) is 0 Å². The summed E-state index contributed by atoms with van der Waals surface area (Å²) in [5.74, 6) is 3.02. The van der Waals surface area contributed by atoms with Gasteiger partial charge in [-0.25, -0.2) is 0 Å². The highest BCUT2D eigenvalue weighted by molar-refractivity contribution is 5.85. The van der Waals surface area contributed by atoms with Gasteiger partial charge in [-0.05, 0) is 104 Å². The highest BCUT2D eigenvalue weighted by atomic mass is 35.5. The number of amides is 1. The van der Waals surface area contributed by atoms with Crippen LogP contribution in [0.5, 0.6) is 23.0 Å². The second kappa shape index (κ2) is 18.7. The predicted octanol–water partition coefficient (Wildman–Crippen LogP) is 8.36. The number of nitrogens with one attached hydrogen (secondary N) is 1. The molecule has 7 nitrogen and oxygen atoms in total. The highest BCUT2D eigenvalue weighted by Gasteiger charge is 2.34. The van der Waals surface area contributed by atoms with Crippen molar-refractivity contribution < 1.29 is 23.7 Å². The van der Waals surface area contributed by atoms with Crippen molar-refractivity contribution >= 4 is 18.3 Å². The van der Waals surface area contributed by atoms with E-state index in [9.17, 15) is 4.79 Å². The molecule has 1 aliphatic rings. The summed E-state index contributed by atoms with van der Waals surface area (Å²) in [6.07, 6.45) is 5.93. The minimum Gasteiger partial charge on any atom is -0.493 e. The molecule has 1 amide bonds. The van der Waals surface area contributed by atoms with Crippen molar-refractivity contribution in [1.29, 1.82) is 0 Å². The van der Waals surface area contributed by atoms with E-state index < -0.39 is 0 Å². The number of hydrogen-bond acceptors (Lipinski definition) is 6. The van der Waals surface area contributed by atoms with Crippen LogP contribution in [0.1, 0.15) is 72.9 Å². The standard InChI is InChI=1S/C42H52N2O5.ClH/c1-31-36-30-40(49-5)39(48-4)29-33(36)22-27-44(31)26-13-24-42(34-14-8-6-9-15-34,35-16-10-7-11-17-35)23-12-25-43-41(45)21-19-32-18-20-37(46-2)38(28-32)47-3;/h6-11,14-18,20,28-31H,12-13,19,21-27H2,1-5H3,(H,43,45);1H. The molecular weight excluding hydrogens is 648 g/mol. The first kappa shape index (κ1) is 38.6. The molecule has 0 saturated carbocycles. The Bertz CT molecular complexity index is 1610. The Balaban J connectivity index is 0.00000562. The van der Waals surface area contributed by atoms with E-state index in [1.54, 1.807) is 28.4 Å². The lowest BCUT2D eigenvalue weighted by Gasteiger charge is -2.39. The fraction of sp³-hybridized carbons (Fsp3) is 0.405. The van der Waals surface area contributed by atoms with Gasteiger partial charge in [0.05, 0.1) is 28.4 Å². The van der Waals surface area contributed by atoms with E-state index in [1.165, 1.54) is 22.3 Å². The molecule has 1 unspecified atom stereocenters. The van der Waals surface area contributed by atoms with Gasteiger partial charge < -0.3 is 24.3 Å². The average Bonchev–Trinajstić information content (AvgIpc) is 3.15. The first-order valence-electron chi connectivity index (χ1n) is 17.5. The minimum absolute atomic E-state index is 0. The lowest BCUT2D eigenvalue weighted by Crippen LogP contribution is -2.36. The maximum Gasteiger partial charge on any atom is 0.220 e. The number of ether oxygens (including phenoxy) is 4. The van der Waals surface area contributed by atoms with Gasteiger partial charge in [-0.2, -0.15) is 0 Å². The van der Waals surface area contributed by atoms with Crippen molar-refractivity contribution in [2.45, 2.75) is 63.3 Å². The van der Waals surface area contributed by atoms with Crippen LogP contribution in [-0.4, -0.2) is 58.9 Å². The zero-order valence-electron chi connectivity index (χ0n) is 30.2. The molecule has 0 fully saturated rings. The van der Waals surface area contributed by atoms with Gasteiger partial charge in [-0.1, -0.05) is 66.7 Å². The number of methoxy groups -OCH3 is 4. The molecule has 1 aliphatic heterocycles. The molecule has 0 aromatic heterocycles. The quantitative estimate of drug-likeness (QED) is 0.112. The summed E-state index contributed by atoms with van der Waals surface area (Å²) < 4.78 is 22.0. The Kier molecular flexibility index (Phi) is 14.4. The topological polar surface area (TPSA) is 69.3 Å². The molecule has 4 aromatic carbocycles. The Morgan fingerprint density at radius 3 is 1.96 bits per heavy atom. The minimum atomic E-state index is -0.166. The number of nitrogens with zero attached hydrogens (tertiary/aromatic N) is 1. The Morgan fingerprint density at radius 1 is 0.760 bits per heavy atom. The Hall–Kier alpha value is -4.20. The van der Waals surface area contributed by atoms with Crippen molar-refractivity contribution in [3.8, 4) is 23.0 Å². The van der Waals surface area contributed by atoms with Crippen LogP contribution in [-0.2, 0) is 23.1 Å². The van der Waals surface area contributed by atoms with Gasteiger partial charge in [-0.3, -0.25) is 9.69 Å². The van der Waals surface area contributed by atoms with E-state index in [4.69, 9.17) is 18.9 Å². The molecule has 4 aromatic rings. The van der Waals surface area contributed by atoms with Gasteiger partial charge in [0.2, 0.25) is 5.91 Å². The molecule has 0 radical (unpaired) electrons. The third kappa shape index (κ3) is 9.12. The number of halogens is 1. The van der Waals surface area contributed by atoms with Crippen molar-refractivity contribution in [2.75, 3.05) is 48.1 Å². The maximum absolute atomic E-state index is 12.9. The molecule has 1 N–H and O–H groups in total. The average molecular weight is 701 g/mol. The molecule has 0 aliphatic carbocycles. The van der Waals surface area contributed by atoms with Gasteiger partial charge in [0.1, 0.15) is 0 Å². The molecule has 8 heteroatoms. The molecule has 50 heavy (non-hydrogen) atoms. The van der Waals surface area contributed by atoms with E-state index in [1.807, 2.05) is 18.2 Å². The molecule has 1 heterocycles. The predicted molar refractivity (Wildman–Crippen MR) is 203 cm³/mol. The Labute approximate surface area is 304 Å². The summed E-state index contributed by atoms with van der Waals surface area (Å²) in [5, 5.41) is 3.20. The molecule has 0 bridgehead atoms. The van der Waals surface area contributed by atoms with Gasteiger partial charge in [0.25, 0.3) is 0 Å². The fourth-order valence-corrected chi connectivity index (χ4v) is 7.47. The van der Waals surface area contributed by atoms with Gasteiger partial charge >= 0.3 is 0 Å². The van der Waals surface area contributed by atoms with E-state index in [0.717, 1.165) is 62.3 Å². The zero-order valence-corrected chi connectivity index (χ0v) is 31.0. The van der Waals surface area contributed by atoms with Crippen molar-refractivity contribution in [1.82, 2.24) is 10.2 Å². The zero-order chi connectivity index (χ0) is 34.6. The van der Waals surface area contributed by atoms with Crippen LogP contribution in [0, 0.1) is 0 Å². The number of fused-ring (bicyclic) bond motifs is 1. The lowest BCUT2D eigenvalue weighted by molar-refractivity contribution is -0.121. The van der Waals surface area contributed by atoms with Crippen LogP contribution in [0.15, 0.2) is 91.0 Å². The monoisotopic (exact) mass is 700 g/mol. The van der Waals surface area contributed by atoms with Gasteiger partial charge in [0, 0.05) is 31.0 Å². The van der Waals surface area contributed by atoms with Gasteiger partial charge in [-0.15, -0.1) is 12.4 Å². The number of aryl methyl sites for hydroxylation is 1. The van der Waals surface area contributed by atoms with Crippen LogP contribution >= 0.6 is 12.4 Å². The third-order valence-electron chi connectivity index (χ3n) is 10.2. The van der Waals surface area contributed by atoms with Crippen LogP contribution in [0.3, 0.4) is 0 Å². The largest absolute Gasteiger partial charge is 0.493 e. The summed E-state index contributed by atoms with van der Waals surface area (Å²) in [6.45, 7) is 4.96. The van der Waals surface area contributed by atoms with Crippen LogP contribution in [0.2, 0.25) is 0 Å². The second-order valence-corrected chi connectivity index (χ2v) is 12.9. The van der Waals surface area contributed by atoms with E-state index in [2.05, 4.69) is 89.9 Å². The first-order chi connectivity index (χ1) is 23.9. The summed E-state index contributed by atoms with van der Waals surface area (Å²) in [6, 6.07) is 32.3. The number of rotatable bonds is 17. The SMILES string of the molecule is COc1ccc(CCC(=O)NCCCC(CCCN2CCc3cc(OC)c(OC)cc3C2C)(c2ccccc2)c2ccccc2)cc1OC.Cl. The summed E-state index contributed by atoms with van der Waals surface area (Å²) >= 11 is 0. The van der Waals surface area contributed by atoms with Crippen LogP contribution in [0.25, 0.3) is 0 Å². The van der Waals surface area contributed by atoms with E-state index in [-0.39, 0.29) is 23.7 Å². The number of carbonyl (C=O) groups is 1. The number of hydrogen-bond donors (Lipinski definition) is 1. The maximum atomic E-state index is 12.9. The molecule has 0 saturated heterocycles. The Morgan fingerprint density at radius 2 is 1.34 bits per heavy atom. The number of carbonyl (C=O) groups excluding carboxylic acids is 1.